The lowest BCUT2D eigenvalue weighted by Crippen LogP contribution is -2.54. The number of aliphatic carboxylic acids is 1. The Bertz CT molecular complexity index is 275. The van der Waals surface area contributed by atoms with Gasteiger partial charge in [0.1, 0.15) is 0 Å². The molecular formula is C12H22N2O3. The molecule has 1 fully saturated rings. The van der Waals surface area contributed by atoms with Crippen LogP contribution < -0.4 is 0 Å². The topological polar surface area (TPSA) is 60.9 Å². The summed E-state index contributed by atoms with van der Waals surface area (Å²) in [5.41, 5.74) is 0. The number of likely N-dealkylation sites (tertiary alicyclic amines) is 1. The van der Waals surface area contributed by atoms with Crippen molar-refractivity contribution in [3.8, 4) is 0 Å². The highest BCUT2D eigenvalue weighted by Crippen LogP contribution is 2.15. The van der Waals surface area contributed by atoms with E-state index in [9.17, 15) is 9.59 Å². The van der Waals surface area contributed by atoms with Crippen molar-refractivity contribution >= 4 is 11.9 Å². The van der Waals surface area contributed by atoms with Gasteiger partial charge in [-0.2, -0.15) is 0 Å². The van der Waals surface area contributed by atoms with Crippen LogP contribution in [0.5, 0.6) is 0 Å². The van der Waals surface area contributed by atoms with Gasteiger partial charge in [0.15, 0.2) is 0 Å². The van der Waals surface area contributed by atoms with Crippen molar-refractivity contribution in [1.82, 2.24) is 9.80 Å². The van der Waals surface area contributed by atoms with Crippen LogP contribution >= 0.6 is 0 Å². The summed E-state index contributed by atoms with van der Waals surface area (Å²) in [6.45, 7) is 6.99. The number of rotatable bonds is 7. The van der Waals surface area contributed by atoms with Crippen molar-refractivity contribution in [2.45, 2.75) is 26.7 Å². The third kappa shape index (κ3) is 4.00. The number of unbranched alkanes of at least 4 members (excludes halogenated alkanes) is 1. The fourth-order valence-corrected chi connectivity index (χ4v) is 1.95. The first-order valence-electron chi connectivity index (χ1n) is 6.31. The molecule has 0 aliphatic carbocycles. The molecule has 1 N–H and O–H groups in total. The van der Waals surface area contributed by atoms with E-state index in [0.29, 0.717) is 19.6 Å². The first-order chi connectivity index (χ1) is 8.08. The van der Waals surface area contributed by atoms with Gasteiger partial charge < -0.3 is 10.0 Å². The van der Waals surface area contributed by atoms with Gasteiger partial charge in [0.05, 0.1) is 12.5 Å². The van der Waals surface area contributed by atoms with Gasteiger partial charge in [-0.05, 0) is 13.3 Å². The van der Waals surface area contributed by atoms with Gasteiger partial charge in [0.2, 0.25) is 5.91 Å². The van der Waals surface area contributed by atoms with Gasteiger partial charge in [-0.1, -0.05) is 13.3 Å². The molecule has 1 aliphatic rings. The van der Waals surface area contributed by atoms with Crippen LogP contribution in [0.25, 0.3) is 0 Å². The minimum Gasteiger partial charge on any atom is -0.481 e. The number of carboxylic acid groups (broad SMARTS) is 1. The highest BCUT2D eigenvalue weighted by molar-refractivity contribution is 5.79. The number of carbonyl (C=O) groups excluding carboxylic acids is 1. The zero-order valence-corrected chi connectivity index (χ0v) is 10.7. The zero-order chi connectivity index (χ0) is 12.8. The molecule has 1 amide bonds. The number of nitrogens with zero attached hydrogens (tertiary/aromatic N) is 2. The molecule has 0 aromatic heterocycles. The number of carbonyl (C=O) groups is 2. The van der Waals surface area contributed by atoms with E-state index in [1.165, 1.54) is 0 Å². The molecule has 0 unspecified atom stereocenters. The number of likely N-dealkylation sites (N-methyl/N-ethyl adjacent to an activating group) is 1. The number of hydrogen-bond acceptors (Lipinski definition) is 3. The second-order valence-corrected chi connectivity index (χ2v) is 4.56. The van der Waals surface area contributed by atoms with Crippen LogP contribution in [-0.2, 0) is 9.59 Å². The highest BCUT2D eigenvalue weighted by Gasteiger charge is 2.33. The molecule has 5 heteroatoms. The standard InChI is InChI=1S/C12H22N2O3/c1-3-5-6-14(4-2)11(15)9-13-7-10(8-13)12(16)17/h10H,3-9H2,1-2H3,(H,16,17). The summed E-state index contributed by atoms with van der Waals surface area (Å²) in [6.07, 6.45) is 2.10. The molecule has 0 spiro atoms. The highest BCUT2D eigenvalue weighted by atomic mass is 16.4. The number of carboxylic acids is 1. The molecule has 1 heterocycles. The summed E-state index contributed by atoms with van der Waals surface area (Å²) in [6, 6.07) is 0. The van der Waals surface area contributed by atoms with E-state index in [2.05, 4.69) is 6.92 Å². The minimum absolute atomic E-state index is 0.116. The van der Waals surface area contributed by atoms with Crippen LogP contribution in [0.2, 0.25) is 0 Å². The molecule has 1 saturated heterocycles. The average molecular weight is 242 g/mol. The van der Waals surface area contributed by atoms with Gasteiger partial charge in [0, 0.05) is 26.2 Å². The molecule has 17 heavy (non-hydrogen) atoms. The van der Waals surface area contributed by atoms with Crippen LogP contribution in [0.1, 0.15) is 26.7 Å². The first kappa shape index (κ1) is 14.0. The summed E-state index contributed by atoms with van der Waals surface area (Å²) < 4.78 is 0. The molecule has 0 saturated carbocycles. The molecule has 0 aromatic rings. The van der Waals surface area contributed by atoms with Crippen molar-refractivity contribution in [2.75, 3.05) is 32.7 Å². The molecule has 1 rings (SSSR count). The smallest absolute Gasteiger partial charge is 0.309 e. The normalized spacial score (nSPS) is 16.6. The van der Waals surface area contributed by atoms with Crippen molar-refractivity contribution in [1.29, 1.82) is 0 Å². The Balaban J connectivity index is 2.26. The lowest BCUT2D eigenvalue weighted by molar-refractivity contribution is -0.150. The predicted octanol–water partition coefficient (Wildman–Crippen LogP) is 0.651. The maximum atomic E-state index is 11.9. The van der Waals surface area contributed by atoms with Crippen molar-refractivity contribution < 1.29 is 14.7 Å². The van der Waals surface area contributed by atoms with Crippen LogP contribution in [0.3, 0.4) is 0 Å². The molecule has 1 aliphatic heterocycles. The van der Waals surface area contributed by atoms with E-state index in [1.807, 2.05) is 16.7 Å². The van der Waals surface area contributed by atoms with E-state index in [0.717, 1.165) is 25.9 Å². The molecule has 0 atom stereocenters. The number of amides is 1. The second kappa shape index (κ2) is 6.59. The maximum absolute atomic E-state index is 11.9. The maximum Gasteiger partial charge on any atom is 0.309 e. The van der Waals surface area contributed by atoms with Gasteiger partial charge in [-0.25, -0.2) is 0 Å². The fraction of sp³-hybridized carbons (Fsp3) is 0.833. The first-order valence-corrected chi connectivity index (χ1v) is 6.31. The Morgan fingerprint density at radius 3 is 2.47 bits per heavy atom. The minimum atomic E-state index is -0.757. The summed E-state index contributed by atoms with van der Waals surface area (Å²) in [5, 5.41) is 8.73. The lowest BCUT2D eigenvalue weighted by atomic mass is 10.0. The zero-order valence-electron chi connectivity index (χ0n) is 10.7. The van der Waals surface area contributed by atoms with Gasteiger partial charge in [0.25, 0.3) is 0 Å². The Morgan fingerprint density at radius 2 is 2.00 bits per heavy atom. The van der Waals surface area contributed by atoms with E-state index in [-0.39, 0.29) is 11.8 Å². The van der Waals surface area contributed by atoms with Crippen LogP contribution in [0.15, 0.2) is 0 Å². The largest absolute Gasteiger partial charge is 0.481 e. The quantitative estimate of drug-likeness (QED) is 0.712. The summed E-state index contributed by atoms with van der Waals surface area (Å²) in [4.78, 5) is 26.3. The third-order valence-electron chi connectivity index (χ3n) is 3.18. The van der Waals surface area contributed by atoms with E-state index >= 15 is 0 Å². The number of hydrogen-bond donors (Lipinski definition) is 1. The summed E-state index contributed by atoms with van der Waals surface area (Å²) in [5.74, 6) is -0.926. The Labute approximate surface area is 102 Å². The fourth-order valence-electron chi connectivity index (χ4n) is 1.95. The van der Waals surface area contributed by atoms with Gasteiger partial charge >= 0.3 is 5.97 Å². The van der Waals surface area contributed by atoms with Crippen LogP contribution in [0, 0.1) is 5.92 Å². The molecule has 0 aromatic carbocycles. The second-order valence-electron chi connectivity index (χ2n) is 4.56. The molecule has 5 nitrogen and oxygen atoms in total. The molecule has 0 bridgehead atoms. The van der Waals surface area contributed by atoms with Crippen LogP contribution in [-0.4, -0.2) is 59.5 Å². The molecule has 98 valence electrons. The van der Waals surface area contributed by atoms with Gasteiger partial charge in [-0.3, -0.25) is 14.5 Å². The van der Waals surface area contributed by atoms with Crippen molar-refractivity contribution in [2.24, 2.45) is 5.92 Å². The van der Waals surface area contributed by atoms with Crippen molar-refractivity contribution in [3.63, 3.8) is 0 Å². The molecule has 0 radical (unpaired) electrons. The monoisotopic (exact) mass is 242 g/mol. The third-order valence-corrected chi connectivity index (χ3v) is 3.18. The lowest BCUT2D eigenvalue weighted by Gasteiger charge is -2.37. The van der Waals surface area contributed by atoms with Gasteiger partial charge in [-0.15, -0.1) is 0 Å². The van der Waals surface area contributed by atoms with Crippen LogP contribution in [0.4, 0.5) is 0 Å². The van der Waals surface area contributed by atoms with E-state index in [1.54, 1.807) is 0 Å². The SMILES string of the molecule is CCCCN(CC)C(=O)CN1CC(C(=O)O)C1. The summed E-state index contributed by atoms with van der Waals surface area (Å²) in [7, 11) is 0. The Morgan fingerprint density at radius 1 is 1.35 bits per heavy atom. The molecular weight excluding hydrogens is 220 g/mol. The Hall–Kier alpha value is -1.10. The summed E-state index contributed by atoms with van der Waals surface area (Å²) >= 11 is 0. The van der Waals surface area contributed by atoms with Crippen molar-refractivity contribution in [3.05, 3.63) is 0 Å². The average Bonchev–Trinajstić information content (AvgIpc) is 2.23. The van der Waals surface area contributed by atoms with E-state index < -0.39 is 5.97 Å². The predicted molar refractivity (Wildman–Crippen MR) is 64.7 cm³/mol. The Kier molecular flexibility index (Phi) is 5.41. The van der Waals surface area contributed by atoms with E-state index in [4.69, 9.17) is 5.11 Å².